The number of nitrogens with zero attached hydrogens (tertiary/aromatic N) is 1. The van der Waals surface area contributed by atoms with Gasteiger partial charge in [0, 0.05) is 5.69 Å². The van der Waals surface area contributed by atoms with Crippen LogP contribution in [-0.4, -0.2) is 54.8 Å². The van der Waals surface area contributed by atoms with Crippen LogP contribution in [0, 0.1) is 0 Å². The van der Waals surface area contributed by atoms with E-state index in [1.165, 1.54) is 4.90 Å². The quantitative estimate of drug-likeness (QED) is 0.736. The van der Waals surface area contributed by atoms with E-state index in [0.717, 1.165) is 0 Å². The molecule has 0 aromatic heterocycles. The summed E-state index contributed by atoms with van der Waals surface area (Å²) >= 11 is 0. The van der Waals surface area contributed by atoms with Crippen molar-refractivity contribution in [2.75, 3.05) is 25.1 Å². The van der Waals surface area contributed by atoms with Gasteiger partial charge in [-0.1, -0.05) is 0 Å². The monoisotopic (exact) mass is 296 g/mol. The van der Waals surface area contributed by atoms with Crippen LogP contribution >= 0.6 is 0 Å². The highest BCUT2D eigenvalue weighted by Gasteiger charge is 2.36. The number of aliphatic hydroxyl groups is 1. The van der Waals surface area contributed by atoms with Gasteiger partial charge in [-0.2, -0.15) is 0 Å². The number of benzene rings is 1. The summed E-state index contributed by atoms with van der Waals surface area (Å²) in [5.41, 5.74) is 0.613. The molecule has 1 fully saturated rings. The molecule has 1 heterocycles. The van der Waals surface area contributed by atoms with Crippen LogP contribution in [0.25, 0.3) is 0 Å². The summed E-state index contributed by atoms with van der Waals surface area (Å²) in [6.45, 7) is -0.0582. The van der Waals surface area contributed by atoms with Crippen molar-refractivity contribution in [3.8, 4) is 5.75 Å². The lowest BCUT2D eigenvalue weighted by molar-refractivity contribution is 0.0335. The Bertz CT molecular complexity index is 518. The van der Waals surface area contributed by atoms with E-state index in [1.54, 1.807) is 31.4 Å². The van der Waals surface area contributed by atoms with Gasteiger partial charge in [0.05, 0.1) is 20.2 Å². The topological polar surface area (TPSA) is 108 Å². The Hall–Kier alpha value is -2.48. The molecule has 1 aromatic carbocycles. The van der Waals surface area contributed by atoms with Crippen LogP contribution in [0.4, 0.5) is 15.3 Å². The number of carbonyl (C=O) groups excluding carboxylic acids is 1. The van der Waals surface area contributed by atoms with Gasteiger partial charge in [0.1, 0.15) is 18.0 Å². The van der Waals surface area contributed by atoms with Crippen LogP contribution in [0.5, 0.6) is 5.75 Å². The largest absolute Gasteiger partial charge is 0.497 e. The molecule has 8 heteroatoms. The number of methoxy groups -OCH3 is 1. The first-order valence-corrected chi connectivity index (χ1v) is 6.28. The fourth-order valence-corrected chi connectivity index (χ4v) is 1.98. The molecule has 1 saturated heterocycles. The first-order chi connectivity index (χ1) is 10.0. The summed E-state index contributed by atoms with van der Waals surface area (Å²) in [6.07, 6.45) is -3.72. The van der Waals surface area contributed by atoms with Crippen LogP contribution in [0.2, 0.25) is 0 Å². The average Bonchev–Trinajstić information content (AvgIpc) is 2.87. The highest BCUT2D eigenvalue weighted by Crippen LogP contribution is 2.25. The van der Waals surface area contributed by atoms with Gasteiger partial charge in [0.15, 0.2) is 0 Å². The van der Waals surface area contributed by atoms with Gasteiger partial charge in [-0.15, -0.1) is 0 Å². The number of cyclic esters (lactones) is 1. The number of anilines is 1. The Kier molecular flexibility index (Phi) is 4.49. The van der Waals surface area contributed by atoms with E-state index in [4.69, 9.17) is 14.6 Å². The van der Waals surface area contributed by atoms with Crippen molar-refractivity contribution in [2.45, 2.75) is 12.2 Å². The molecule has 0 spiro atoms. The van der Waals surface area contributed by atoms with E-state index >= 15 is 0 Å². The van der Waals surface area contributed by atoms with Gasteiger partial charge >= 0.3 is 12.2 Å². The van der Waals surface area contributed by atoms with Gasteiger partial charge in [0.25, 0.3) is 0 Å². The SMILES string of the molecule is COc1ccc(N2C[C@H]([C@H](O)CNC(=O)O)OC2=O)cc1. The van der Waals surface area contributed by atoms with Crippen LogP contribution in [0.3, 0.4) is 0 Å². The first-order valence-electron chi connectivity index (χ1n) is 6.28. The molecule has 0 saturated carbocycles. The van der Waals surface area contributed by atoms with Crippen molar-refractivity contribution in [3.63, 3.8) is 0 Å². The third-order valence-corrected chi connectivity index (χ3v) is 3.11. The van der Waals surface area contributed by atoms with E-state index < -0.39 is 24.4 Å². The predicted molar refractivity (Wildman–Crippen MR) is 72.6 cm³/mol. The van der Waals surface area contributed by atoms with Crippen LogP contribution < -0.4 is 15.0 Å². The molecule has 8 nitrogen and oxygen atoms in total. The molecular formula is C13H16N2O6. The molecule has 0 radical (unpaired) electrons. The van der Waals surface area contributed by atoms with Crippen LogP contribution in [0.1, 0.15) is 0 Å². The normalized spacial score (nSPS) is 19.0. The second kappa shape index (κ2) is 6.31. The molecule has 2 rings (SSSR count). The average molecular weight is 296 g/mol. The van der Waals surface area contributed by atoms with Crippen molar-refractivity contribution in [2.24, 2.45) is 0 Å². The minimum atomic E-state index is -1.25. The number of nitrogens with one attached hydrogen (secondary N) is 1. The van der Waals surface area contributed by atoms with Gasteiger partial charge < -0.3 is 25.0 Å². The summed E-state index contributed by atoms with van der Waals surface area (Å²) in [7, 11) is 1.54. The number of carbonyl (C=O) groups is 2. The molecule has 2 atom stereocenters. The van der Waals surface area contributed by atoms with E-state index in [2.05, 4.69) is 0 Å². The number of rotatable bonds is 5. The van der Waals surface area contributed by atoms with Gasteiger partial charge in [0.2, 0.25) is 0 Å². The van der Waals surface area contributed by atoms with E-state index in [-0.39, 0.29) is 13.1 Å². The summed E-state index contributed by atoms with van der Waals surface area (Å²) in [5.74, 6) is 0.661. The Labute approximate surface area is 120 Å². The molecule has 2 amide bonds. The Morgan fingerprint density at radius 1 is 1.52 bits per heavy atom. The van der Waals surface area contributed by atoms with E-state index in [9.17, 15) is 14.7 Å². The molecule has 0 bridgehead atoms. The molecule has 0 unspecified atom stereocenters. The standard InChI is InChI=1S/C13H16N2O6/c1-20-9-4-2-8(3-5-9)15-7-11(21-13(15)19)10(16)6-14-12(17)18/h2-5,10-11,14,16H,6-7H2,1H3,(H,17,18)/t10-,11-/m1/s1. The molecule has 1 aliphatic rings. The lowest BCUT2D eigenvalue weighted by Gasteiger charge is -2.16. The number of aliphatic hydroxyl groups excluding tert-OH is 1. The maximum absolute atomic E-state index is 11.8. The summed E-state index contributed by atoms with van der Waals surface area (Å²) < 4.78 is 10.1. The highest BCUT2D eigenvalue weighted by molar-refractivity contribution is 5.89. The Morgan fingerprint density at radius 3 is 2.76 bits per heavy atom. The van der Waals surface area contributed by atoms with E-state index in [1.807, 2.05) is 5.32 Å². The number of ether oxygens (including phenoxy) is 2. The second-order valence-corrected chi connectivity index (χ2v) is 4.48. The summed E-state index contributed by atoms with van der Waals surface area (Å²) in [5, 5.41) is 20.3. The molecule has 3 N–H and O–H groups in total. The van der Waals surface area contributed by atoms with Gasteiger partial charge in [-0.25, -0.2) is 9.59 Å². The lowest BCUT2D eigenvalue weighted by Crippen LogP contribution is -2.40. The lowest BCUT2D eigenvalue weighted by atomic mass is 10.2. The Morgan fingerprint density at radius 2 is 2.19 bits per heavy atom. The summed E-state index contributed by atoms with van der Waals surface area (Å²) in [6, 6.07) is 6.81. The second-order valence-electron chi connectivity index (χ2n) is 4.48. The molecular weight excluding hydrogens is 280 g/mol. The van der Waals surface area contributed by atoms with E-state index in [0.29, 0.717) is 11.4 Å². The zero-order valence-corrected chi connectivity index (χ0v) is 11.4. The molecule has 1 aliphatic heterocycles. The number of hydrogen-bond acceptors (Lipinski definition) is 5. The third kappa shape index (κ3) is 3.54. The fourth-order valence-electron chi connectivity index (χ4n) is 1.98. The minimum Gasteiger partial charge on any atom is -0.497 e. The summed E-state index contributed by atoms with van der Waals surface area (Å²) in [4.78, 5) is 23.6. The maximum Gasteiger partial charge on any atom is 0.414 e. The molecule has 1 aromatic rings. The van der Waals surface area contributed by atoms with Crippen molar-refractivity contribution in [3.05, 3.63) is 24.3 Å². The minimum absolute atomic E-state index is 0.146. The van der Waals surface area contributed by atoms with Gasteiger partial charge in [-0.05, 0) is 24.3 Å². The predicted octanol–water partition coefficient (Wildman–Crippen LogP) is 0.649. The molecule has 21 heavy (non-hydrogen) atoms. The molecule has 114 valence electrons. The third-order valence-electron chi connectivity index (χ3n) is 3.11. The number of amides is 2. The molecule has 0 aliphatic carbocycles. The smallest absolute Gasteiger partial charge is 0.414 e. The number of hydrogen-bond donors (Lipinski definition) is 3. The van der Waals surface area contributed by atoms with Crippen molar-refractivity contribution >= 4 is 17.9 Å². The van der Waals surface area contributed by atoms with Crippen molar-refractivity contribution in [1.29, 1.82) is 0 Å². The zero-order chi connectivity index (χ0) is 15.4. The van der Waals surface area contributed by atoms with Gasteiger partial charge in [-0.3, -0.25) is 4.90 Å². The van der Waals surface area contributed by atoms with Crippen molar-refractivity contribution in [1.82, 2.24) is 5.32 Å². The highest BCUT2D eigenvalue weighted by atomic mass is 16.6. The zero-order valence-electron chi connectivity index (χ0n) is 11.4. The fraction of sp³-hybridized carbons (Fsp3) is 0.385. The first kappa shape index (κ1) is 14.9. The van der Waals surface area contributed by atoms with Crippen LogP contribution in [0.15, 0.2) is 24.3 Å². The Balaban J connectivity index is 1.99. The number of carboxylic acid groups (broad SMARTS) is 1. The van der Waals surface area contributed by atoms with Crippen molar-refractivity contribution < 1.29 is 29.3 Å². The van der Waals surface area contributed by atoms with Crippen LogP contribution in [-0.2, 0) is 4.74 Å². The maximum atomic E-state index is 11.8.